The topological polar surface area (TPSA) is 38.3 Å². The van der Waals surface area contributed by atoms with Gasteiger partial charge in [0.25, 0.3) is 0 Å². The maximum Gasteiger partial charge on any atom is 0.431 e. The Morgan fingerprint density at radius 1 is 1.33 bits per heavy atom. The Balaban J connectivity index is 2.75. The van der Waals surface area contributed by atoms with Gasteiger partial charge in [0.2, 0.25) is 0 Å². The summed E-state index contributed by atoms with van der Waals surface area (Å²) >= 11 is 0. The SMILES string of the molecule is COC(=O)/C=C(/NCc1ccccc1)C(F)(F)F. The molecule has 0 bridgehead atoms. The van der Waals surface area contributed by atoms with Crippen molar-refractivity contribution in [2.75, 3.05) is 7.11 Å². The van der Waals surface area contributed by atoms with Gasteiger partial charge in [-0.25, -0.2) is 4.79 Å². The Morgan fingerprint density at radius 3 is 2.44 bits per heavy atom. The molecule has 0 saturated heterocycles. The van der Waals surface area contributed by atoms with Gasteiger partial charge in [-0.2, -0.15) is 13.2 Å². The van der Waals surface area contributed by atoms with Gasteiger partial charge in [0.15, 0.2) is 0 Å². The number of carbonyl (C=O) groups is 1. The highest BCUT2D eigenvalue weighted by Crippen LogP contribution is 2.23. The van der Waals surface area contributed by atoms with Gasteiger partial charge in [-0.05, 0) is 5.56 Å². The number of halogens is 3. The summed E-state index contributed by atoms with van der Waals surface area (Å²) in [5.41, 5.74) is -0.448. The number of carbonyl (C=O) groups excluding carboxylic acids is 1. The number of nitrogens with one attached hydrogen (secondary N) is 1. The third-order valence-corrected chi connectivity index (χ3v) is 2.09. The number of ether oxygens (including phenoxy) is 1. The largest absolute Gasteiger partial charge is 0.466 e. The highest BCUT2D eigenvalue weighted by molar-refractivity contribution is 5.82. The molecule has 1 N–H and O–H groups in total. The number of esters is 1. The molecule has 0 radical (unpaired) electrons. The monoisotopic (exact) mass is 259 g/mol. The van der Waals surface area contributed by atoms with E-state index >= 15 is 0 Å². The average Bonchev–Trinajstić information content (AvgIpc) is 2.34. The molecule has 0 amide bonds. The highest BCUT2D eigenvalue weighted by Gasteiger charge is 2.34. The first-order valence-electron chi connectivity index (χ1n) is 5.08. The van der Waals surface area contributed by atoms with E-state index in [2.05, 4.69) is 10.1 Å². The van der Waals surface area contributed by atoms with Crippen molar-refractivity contribution in [2.45, 2.75) is 12.7 Å². The third-order valence-electron chi connectivity index (χ3n) is 2.09. The van der Waals surface area contributed by atoms with Crippen molar-refractivity contribution in [1.82, 2.24) is 5.32 Å². The van der Waals surface area contributed by atoms with Crippen molar-refractivity contribution >= 4 is 5.97 Å². The molecule has 0 aliphatic heterocycles. The van der Waals surface area contributed by atoms with Gasteiger partial charge < -0.3 is 10.1 Å². The van der Waals surface area contributed by atoms with E-state index in [0.29, 0.717) is 11.6 Å². The molecule has 98 valence electrons. The number of hydrogen-bond donors (Lipinski definition) is 1. The minimum absolute atomic E-state index is 0.0246. The second kappa shape index (κ2) is 6.09. The second-order valence-corrected chi connectivity index (χ2v) is 3.42. The summed E-state index contributed by atoms with van der Waals surface area (Å²) in [5.74, 6) is -1.05. The zero-order valence-corrected chi connectivity index (χ0v) is 9.62. The molecule has 6 heteroatoms. The molecule has 0 spiro atoms. The lowest BCUT2D eigenvalue weighted by molar-refractivity contribution is -0.136. The van der Waals surface area contributed by atoms with Crippen molar-refractivity contribution in [3.63, 3.8) is 0 Å². The first-order valence-corrected chi connectivity index (χ1v) is 5.08. The summed E-state index contributed by atoms with van der Waals surface area (Å²) in [4.78, 5) is 10.8. The van der Waals surface area contributed by atoms with Crippen LogP contribution in [-0.2, 0) is 16.1 Å². The molecule has 1 rings (SSSR count). The van der Waals surface area contributed by atoms with E-state index in [4.69, 9.17) is 0 Å². The van der Waals surface area contributed by atoms with Crippen LogP contribution in [0, 0.1) is 0 Å². The van der Waals surface area contributed by atoms with Gasteiger partial charge in [0, 0.05) is 6.54 Å². The van der Waals surface area contributed by atoms with Crippen LogP contribution < -0.4 is 5.32 Å². The summed E-state index contributed by atoms with van der Waals surface area (Å²) < 4.78 is 41.9. The number of alkyl halides is 3. The standard InChI is InChI=1S/C12H12F3NO2/c1-18-11(17)7-10(12(13,14)15)16-8-9-5-3-2-4-6-9/h2-7,16H,8H2,1H3/b10-7+. The molecule has 0 aliphatic rings. The maximum atomic E-state index is 12.6. The Morgan fingerprint density at radius 2 is 1.94 bits per heavy atom. The van der Waals surface area contributed by atoms with Crippen LogP contribution in [0.3, 0.4) is 0 Å². The number of hydrogen-bond acceptors (Lipinski definition) is 3. The van der Waals surface area contributed by atoms with Crippen LogP contribution in [0.1, 0.15) is 5.56 Å². The Labute approximate surface area is 102 Å². The lowest BCUT2D eigenvalue weighted by Gasteiger charge is -2.13. The van der Waals surface area contributed by atoms with E-state index in [-0.39, 0.29) is 6.54 Å². The van der Waals surface area contributed by atoms with E-state index in [9.17, 15) is 18.0 Å². The van der Waals surface area contributed by atoms with Crippen LogP contribution in [0.4, 0.5) is 13.2 Å². The molecule has 1 aromatic rings. The fourth-order valence-corrected chi connectivity index (χ4v) is 1.20. The summed E-state index contributed by atoms with van der Waals surface area (Å²) in [7, 11) is 1.02. The number of methoxy groups -OCH3 is 1. The molecule has 0 atom stereocenters. The van der Waals surface area contributed by atoms with Crippen LogP contribution in [0.5, 0.6) is 0 Å². The lowest BCUT2D eigenvalue weighted by atomic mass is 10.2. The average molecular weight is 259 g/mol. The molecule has 0 unspecified atom stereocenters. The fourth-order valence-electron chi connectivity index (χ4n) is 1.20. The molecule has 0 saturated carbocycles. The molecular formula is C12H12F3NO2. The van der Waals surface area contributed by atoms with Crippen molar-refractivity contribution in [3.05, 3.63) is 47.7 Å². The zero-order valence-electron chi connectivity index (χ0n) is 9.62. The normalized spacial score (nSPS) is 12.1. The van der Waals surface area contributed by atoms with Gasteiger partial charge in [-0.3, -0.25) is 0 Å². The van der Waals surface area contributed by atoms with Crippen LogP contribution in [0.25, 0.3) is 0 Å². The predicted molar refractivity (Wildman–Crippen MR) is 59.4 cm³/mol. The predicted octanol–water partition coefficient (Wildman–Crippen LogP) is 2.40. The van der Waals surface area contributed by atoms with E-state index in [1.807, 2.05) is 0 Å². The minimum atomic E-state index is -4.62. The van der Waals surface area contributed by atoms with Crippen LogP contribution in [0.15, 0.2) is 42.1 Å². The summed E-state index contributed by atoms with van der Waals surface area (Å²) in [6.45, 7) is -0.0246. The van der Waals surface area contributed by atoms with Crippen LogP contribution >= 0.6 is 0 Å². The van der Waals surface area contributed by atoms with E-state index in [0.717, 1.165) is 7.11 Å². The molecule has 0 aromatic heterocycles. The molecule has 0 heterocycles. The van der Waals surface area contributed by atoms with Gasteiger partial charge in [-0.15, -0.1) is 0 Å². The van der Waals surface area contributed by atoms with Crippen LogP contribution in [-0.4, -0.2) is 19.3 Å². The van der Waals surface area contributed by atoms with Gasteiger partial charge >= 0.3 is 12.1 Å². The molecule has 0 fully saturated rings. The quantitative estimate of drug-likeness (QED) is 0.666. The van der Waals surface area contributed by atoms with E-state index in [1.165, 1.54) is 0 Å². The smallest absolute Gasteiger partial charge is 0.431 e. The maximum absolute atomic E-state index is 12.6. The Bertz CT molecular complexity index is 427. The molecule has 3 nitrogen and oxygen atoms in total. The number of rotatable bonds is 4. The van der Waals surface area contributed by atoms with Crippen molar-refractivity contribution < 1.29 is 22.7 Å². The molecular weight excluding hydrogens is 247 g/mol. The first-order chi connectivity index (χ1) is 8.43. The minimum Gasteiger partial charge on any atom is -0.466 e. The lowest BCUT2D eigenvalue weighted by Crippen LogP contribution is -2.27. The van der Waals surface area contributed by atoms with E-state index in [1.54, 1.807) is 30.3 Å². The van der Waals surface area contributed by atoms with Crippen molar-refractivity contribution in [1.29, 1.82) is 0 Å². The van der Waals surface area contributed by atoms with Crippen LogP contribution in [0.2, 0.25) is 0 Å². The van der Waals surface area contributed by atoms with Gasteiger partial charge in [-0.1, -0.05) is 30.3 Å². The fraction of sp³-hybridized carbons (Fsp3) is 0.250. The highest BCUT2D eigenvalue weighted by atomic mass is 19.4. The van der Waals surface area contributed by atoms with E-state index < -0.39 is 17.8 Å². The van der Waals surface area contributed by atoms with Crippen molar-refractivity contribution in [3.8, 4) is 0 Å². The van der Waals surface area contributed by atoms with Gasteiger partial charge in [0.05, 0.1) is 13.2 Å². The summed E-state index contributed by atoms with van der Waals surface area (Å²) in [6, 6.07) is 8.55. The zero-order chi connectivity index (χ0) is 13.6. The van der Waals surface area contributed by atoms with Gasteiger partial charge in [0.1, 0.15) is 5.70 Å². The first kappa shape index (κ1) is 14.1. The summed E-state index contributed by atoms with van der Waals surface area (Å²) in [6.07, 6.45) is -4.23. The van der Waals surface area contributed by atoms with Crippen molar-refractivity contribution in [2.24, 2.45) is 0 Å². The third kappa shape index (κ3) is 4.48. The molecule has 1 aromatic carbocycles. The molecule has 18 heavy (non-hydrogen) atoms. The number of allylic oxidation sites excluding steroid dienone is 1. The second-order valence-electron chi connectivity index (χ2n) is 3.42. The number of benzene rings is 1. The summed E-state index contributed by atoms with van der Waals surface area (Å²) in [5, 5.41) is 2.18. The Hall–Kier alpha value is -1.98. The molecule has 0 aliphatic carbocycles. The Kier molecular flexibility index (Phi) is 4.76.